The third kappa shape index (κ3) is 4.20. The van der Waals surface area contributed by atoms with Crippen LogP contribution in [0.15, 0.2) is 54.6 Å². The lowest BCUT2D eigenvalue weighted by molar-refractivity contribution is -0.00401. The molecule has 3 aliphatic heterocycles. The van der Waals surface area contributed by atoms with E-state index in [2.05, 4.69) is 27.2 Å². The van der Waals surface area contributed by atoms with Gasteiger partial charge in [-0.1, -0.05) is 59.1 Å². The molecule has 3 heterocycles. The van der Waals surface area contributed by atoms with Crippen molar-refractivity contribution in [2.75, 3.05) is 31.1 Å². The molecule has 1 N–H and O–H groups in total. The molecule has 6 rings (SSSR count). The fourth-order valence-electron chi connectivity index (χ4n) is 5.26. The summed E-state index contributed by atoms with van der Waals surface area (Å²) < 4.78 is 0. The molecule has 0 bridgehead atoms. The van der Waals surface area contributed by atoms with E-state index >= 15 is 0 Å². The number of hydrogen-bond acceptors (Lipinski definition) is 3. The van der Waals surface area contributed by atoms with E-state index in [0.717, 1.165) is 47.6 Å². The molecule has 8 heteroatoms. The van der Waals surface area contributed by atoms with Crippen molar-refractivity contribution in [3.63, 3.8) is 0 Å². The van der Waals surface area contributed by atoms with Gasteiger partial charge in [0.2, 0.25) is 0 Å². The zero-order chi connectivity index (χ0) is 24.1. The number of carbonyl (C=O) groups excluding carboxylic acids is 1. The monoisotopic (exact) mass is 526 g/mol. The Balaban J connectivity index is 1.44. The first-order valence-electron chi connectivity index (χ1n) is 11.9. The van der Waals surface area contributed by atoms with Crippen molar-refractivity contribution in [2.45, 2.75) is 25.6 Å². The standard InChI is InChI=1S/C27H25Cl3N4O/c28-22-6-2-1-5-19(22)20-11-17(14-32-15-18(16-32)33-9-4-10-33)12-25-21(20)13-31-27(35)34(25)26-23(29)7-3-8-24(26)30/h1-3,5-8,11-12,18H,4,9-10,13-16H2,(H,31,35). The van der Waals surface area contributed by atoms with E-state index in [-0.39, 0.29) is 6.03 Å². The van der Waals surface area contributed by atoms with Gasteiger partial charge >= 0.3 is 6.03 Å². The van der Waals surface area contributed by atoms with Crippen LogP contribution in [0.4, 0.5) is 16.2 Å². The van der Waals surface area contributed by atoms with Crippen LogP contribution in [0.5, 0.6) is 0 Å². The molecule has 0 unspecified atom stereocenters. The predicted octanol–water partition coefficient (Wildman–Crippen LogP) is 6.57. The molecule has 0 radical (unpaired) electrons. The van der Waals surface area contributed by atoms with Gasteiger partial charge in [-0.05, 0) is 61.0 Å². The molecule has 5 nitrogen and oxygen atoms in total. The highest BCUT2D eigenvalue weighted by atomic mass is 35.5. The van der Waals surface area contributed by atoms with Crippen molar-refractivity contribution >= 4 is 52.2 Å². The van der Waals surface area contributed by atoms with Crippen molar-refractivity contribution in [1.29, 1.82) is 0 Å². The minimum absolute atomic E-state index is 0.253. The number of likely N-dealkylation sites (tertiary alicyclic amines) is 2. The number of anilines is 2. The number of benzene rings is 3. The summed E-state index contributed by atoms with van der Waals surface area (Å²) in [5.74, 6) is 0. The van der Waals surface area contributed by atoms with E-state index in [9.17, 15) is 4.79 Å². The van der Waals surface area contributed by atoms with Crippen LogP contribution in [0, 0.1) is 0 Å². The molecule has 0 saturated carbocycles. The number of fused-ring (bicyclic) bond motifs is 1. The number of urea groups is 1. The quantitative estimate of drug-likeness (QED) is 0.408. The van der Waals surface area contributed by atoms with E-state index in [1.54, 1.807) is 23.1 Å². The largest absolute Gasteiger partial charge is 0.333 e. The zero-order valence-corrected chi connectivity index (χ0v) is 21.4. The summed E-state index contributed by atoms with van der Waals surface area (Å²) in [6, 6.07) is 17.8. The van der Waals surface area contributed by atoms with Gasteiger partial charge in [-0.25, -0.2) is 4.79 Å². The Hall–Kier alpha value is -2.28. The highest BCUT2D eigenvalue weighted by molar-refractivity contribution is 6.40. The number of nitrogens with zero attached hydrogens (tertiary/aromatic N) is 3. The molecule has 2 amide bonds. The second kappa shape index (κ2) is 9.30. The highest BCUT2D eigenvalue weighted by Gasteiger charge is 2.35. The fraction of sp³-hybridized carbons (Fsp3) is 0.296. The molecule has 0 atom stereocenters. The Kier molecular flexibility index (Phi) is 6.15. The van der Waals surface area contributed by atoms with Gasteiger partial charge in [0.15, 0.2) is 0 Å². The summed E-state index contributed by atoms with van der Waals surface area (Å²) >= 11 is 19.8. The number of halogens is 3. The lowest BCUT2D eigenvalue weighted by Gasteiger charge is -2.49. The van der Waals surface area contributed by atoms with Crippen molar-refractivity contribution < 1.29 is 4.79 Å². The third-order valence-corrected chi connectivity index (χ3v) is 8.16. The van der Waals surface area contributed by atoms with Gasteiger partial charge in [0.05, 0.1) is 21.4 Å². The maximum Gasteiger partial charge on any atom is 0.326 e. The number of rotatable bonds is 5. The smallest absolute Gasteiger partial charge is 0.326 e. The van der Waals surface area contributed by atoms with E-state index in [1.807, 2.05) is 24.3 Å². The molecular formula is C27H25Cl3N4O. The topological polar surface area (TPSA) is 38.8 Å². The summed E-state index contributed by atoms with van der Waals surface area (Å²) in [5.41, 5.74) is 5.34. The molecule has 3 aliphatic rings. The molecule has 0 spiro atoms. The van der Waals surface area contributed by atoms with Crippen molar-refractivity contribution in [3.8, 4) is 11.1 Å². The van der Waals surface area contributed by atoms with Crippen molar-refractivity contribution in [1.82, 2.24) is 15.1 Å². The first-order chi connectivity index (χ1) is 17.0. The molecular weight excluding hydrogens is 503 g/mol. The van der Waals surface area contributed by atoms with Crippen LogP contribution in [0.3, 0.4) is 0 Å². The summed E-state index contributed by atoms with van der Waals surface area (Å²) in [5, 5.41) is 4.51. The number of hydrogen-bond donors (Lipinski definition) is 1. The maximum absolute atomic E-state index is 13.2. The summed E-state index contributed by atoms with van der Waals surface area (Å²) in [6.07, 6.45) is 1.31. The first kappa shape index (κ1) is 23.1. The Morgan fingerprint density at radius 3 is 2.29 bits per heavy atom. The van der Waals surface area contributed by atoms with Gasteiger partial charge in [0.25, 0.3) is 0 Å². The van der Waals surface area contributed by atoms with Crippen LogP contribution in [-0.4, -0.2) is 48.1 Å². The van der Waals surface area contributed by atoms with E-state index < -0.39 is 0 Å². The van der Waals surface area contributed by atoms with Crippen LogP contribution < -0.4 is 10.2 Å². The average Bonchev–Trinajstić information content (AvgIpc) is 2.77. The molecule has 2 fully saturated rings. The number of para-hydroxylation sites is 1. The predicted molar refractivity (Wildman–Crippen MR) is 143 cm³/mol. The highest BCUT2D eigenvalue weighted by Crippen LogP contribution is 2.45. The van der Waals surface area contributed by atoms with E-state index in [4.69, 9.17) is 34.8 Å². The summed E-state index contributed by atoms with van der Waals surface area (Å²) in [4.78, 5) is 19.8. The molecule has 3 aromatic rings. The van der Waals surface area contributed by atoms with Gasteiger partial charge in [0, 0.05) is 48.4 Å². The fourth-order valence-corrected chi connectivity index (χ4v) is 6.06. The van der Waals surface area contributed by atoms with Crippen LogP contribution >= 0.6 is 34.8 Å². The van der Waals surface area contributed by atoms with Gasteiger partial charge in [-0.2, -0.15) is 0 Å². The Bertz CT molecular complexity index is 1280. The molecule has 0 aliphatic carbocycles. The maximum atomic E-state index is 13.2. The minimum atomic E-state index is -0.253. The SMILES string of the molecule is O=C1NCc2c(-c3ccccc3Cl)cc(CN3CC(N4CCC4)C3)cc2N1c1c(Cl)cccc1Cl. The molecule has 3 aromatic carbocycles. The molecule has 35 heavy (non-hydrogen) atoms. The average molecular weight is 528 g/mol. The van der Waals surface area contributed by atoms with E-state index in [0.29, 0.717) is 33.3 Å². The van der Waals surface area contributed by atoms with E-state index in [1.165, 1.54) is 19.5 Å². The van der Waals surface area contributed by atoms with Crippen LogP contribution in [0.2, 0.25) is 15.1 Å². The lowest BCUT2D eigenvalue weighted by Crippen LogP contribution is -2.62. The number of carbonyl (C=O) groups is 1. The summed E-state index contributed by atoms with van der Waals surface area (Å²) in [6.45, 7) is 5.78. The van der Waals surface area contributed by atoms with Crippen LogP contribution in [0.25, 0.3) is 11.1 Å². The Morgan fingerprint density at radius 1 is 0.886 bits per heavy atom. The molecule has 0 aromatic heterocycles. The molecule has 180 valence electrons. The van der Waals surface area contributed by atoms with Crippen molar-refractivity contribution in [2.24, 2.45) is 0 Å². The lowest BCUT2D eigenvalue weighted by atomic mass is 9.92. The van der Waals surface area contributed by atoms with Gasteiger partial charge in [0.1, 0.15) is 0 Å². The third-order valence-electron chi connectivity index (χ3n) is 7.22. The minimum Gasteiger partial charge on any atom is -0.333 e. The normalized spacial score (nSPS) is 18.6. The Morgan fingerprint density at radius 2 is 1.60 bits per heavy atom. The van der Waals surface area contributed by atoms with Gasteiger partial charge in [-0.15, -0.1) is 0 Å². The van der Waals surface area contributed by atoms with Crippen LogP contribution in [0.1, 0.15) is 17.5 Å². The first-order valence-corrected chi connectivity index (χ1v) is 13.0. The second-order valence-electron chi connectivity index (χ2n) is 9.42. The summed E-state index contributed by atoms with van der Waals surface area (Å²) in [7, 11) is 0. The number of amides is 2. The zero-order valence-electron chi connectivity index (χ0n) is 19.1. The van der Waals surface area contributed by atoms with Crippen molar-refractivity contribution in [3.05, 3.63) is 80.8 Å². The number of nitrogens with one attached hydrogen (secondary N) is 1. The molecule has 2 saturated heterocycles. The van der Waals surface area contributed by atoms with Crippen LogP contribution in [-0.2, 0) is 13.1 Å². The van der Waals surface area contributed by atoms with Gasteiger partial charge in [-0.3, -0.25) is 14.7 Å². The van der Waals surface area contributed by atoms with Gasteiger partial charge < -0.3 is 5.32 Å². The Labute approximate surface area is 220 Å². The second-order valence-corrected chi connectivity index (χ2v) is 10.6.